The summed E-state index contributed by atoms with van der Waals surface area (Å²) >= 11 is 0. The quantitative estimate of drug-likeness (QED) is 0.849. The molecule has 5 heteroatoms. The molecule has 0 amide bonds. The summed E-state index contributed by atoms with van der Waals surface area (Å²) in [5, 5.41) is 1.06. The van der Waals surface area contributed by atoms with Crippen LogP contribution in [0.3, 0.4) is 0 Å². The molecule has 1 aliphatic rings. The Hall–Kier alpha value is -1.62. The van der Waals surface area contributed by atoms with Crippen LogP contribution in [0, 0.1) is 6.92 Å². The zero-order valence-electron chi connectivity index (χ0n) is 10.8. The molecule has 2 aromatic heterocycles. The fraction of sp³-hybridized carbons (Fsp3) is 0.538. The van der Waals surface area contributed by atoms with Gasteiger partial charge in [0.1, 0.15) is 5.65 Å². The van der Waals surface area contributed by atoms with Gasteiger partial charge in [-0.15, -0.1) is 0 Å². The number of ether oxygens (including phenoxy) is 1. The lowest BCUT2D eigenvalue weighted by molar-refractivity contribution is 0.380. The van der Waals surface area contributed by atoms with Gasteiger partial charge in [0.05, 0.1) is 12.8 Å². The molecule has 96 valence electrons. The van der Waals surface area contributed by atoms with E-state index < -0.39 is 0 Å². The van der Waals surface area contributed by atoms with Crippen LogP contribution in [-0.4, -0.2) is 22.1 Å². The van der Waals surface area contributed by atoms with Gasteiger partial charge in [-0.25, -0.2) is 0 Å². The Labute approximate surface area is 106 Å². The van der Waals surface area contributed by atoms with Crippen LogP contribution in [0.1, 0.15) is 36.9 Å². The first-order valence-electron chi connectivity index (χ1n) is 6.33. The molecule has 1 saturated carbocycles. The SMILES string of the molecule is COc1nc(C)c2c(C3(N)CCCC3)c[nH]c2n1. The highest BCUT2D eigenvalue weighted by Gasteiger charge is 2.34. The normalized spacial score (nSPS) is 18.4. The molecule has 5 nitrogen and oxygen atoms in total. The highest BCUT2D eigenvalue weighted by atomic mass is 16.5. The number of nitrogens with one attached hydrogen (secondary N) is 1. The Morgan fingerprint density at radius 1 is 1.33 bits per heavy atom. The van der Waals surface area contributed by atoms with Gasteiger partial charge < -0.3 is 15.5 Å². The van der Waals surface area contributed by atoms with Crippen LogP contribution in [0.15, 0.2) is 6.20 Å². The molecule has 0 aliphatic heterocycles. The van der Waals surface area contributed by atoms with Crippen molar-refractivity contribution >= 4 is 11.0 Å². The molecule has 0 aromatic carbocycles. The number of nitrogens with zero attached hydrogens (tertiary/aromatic N) is 2. The third-order valence-corrected chi connectivity index (χ3v) is 3.91. The first kappa shape index (κ1) is 11.5. The topological polar surface area (TPSA) is 76.8 Å². The van der Waals surface area contributed by atoms with Gasteiger partial charge in [-0.2, -0.15) is 9.97 Å². The predicted molar refractivity (Wildman–Crippen MR) is 69.5 cm³/mol. The monoisotopic (exact) mass is 246 g/mol. The first-order valence-corrected chi connectivity index (χ1v) is 6.33. The van der Waals surface area contributed by atoms with Crippen molar-refractivity contribution in [3.05, 3.63) is 17.5 Å². The Kier molecular flexibility index (Phi) is 2.52. The van der Waals surface area contributed by atoms with Gasteiger partial charge in [0.25, 0.3) is 0 Å². The number of methoxy groups -OCH3 is 1. The number of H-pyrrole nitrogens is 1. The fourth-order valence-electron chi connectivity index (χ4n) is 2.95. The second kappa shape index (κ2) is 3.95. The summed E-state index contributed by atoms with van der Waals surface area (Å²) in [6.45, 7) is 1.97. The first-order chi connectivity index (χ1) is 8.64. The van der Waals surface area contributed by atoms with Crippen LogP contribution >= 0.6 is 0 Å². The lowest BCUT2D eigenvalue weighted by atomic mass is 9.89. The Morgan fingerprint density at radius 3 is 2.72 bits per heavy atom. The van der Waals surface area contributed by atoms with E-state index in [9.17, 15) is 0 Å². The average Bonchev–Trinajstić information content (AvgIpc) is 2.96. The van der Waals surface area contributed by atoms with Crippen molar-refractivity contribution in [2.24, 2.45) is 5.73 Å². The summed E-state index contributed by atoms with van der Waals surface area (Å²) in [4.78, 5) is 11.9. The third kappa shape index (κ3) is 1.58. The molecule has 0 radical (unpaired) electrons. The summed E-state index contributed by atoms with van der Waals surface area (Å²) < 4.78 is 5.09. The molecule has 0 spiro atoms. The van der Waals surface area contributed by atoms with E-state index in [1.807, 2.05) is 13.1 Å². The van der Waals surface area contributed by atoms with Crippen molar-refractivity contribution < 1.29 is 4.74 Å². The number of hydrogen-bond acceptors (Lipinski definition) is 4. The van der Waals surface area contributed by atoms with Gasteiger partial charge in [-0.3, -0.25) is 0 Å². The van der Waals surface area contributed by atoms with Gasteiger partial charge in [0.2, 0.25) is 0 Å². The number of rotatable bonds is 2. The molecule has 0 bridgehead atoms. The zero-order valence-corrected chi connectivity index (χ0v) is 10.8. The largest absolute Gasteiger partial charge is 0.467 e. The second-order valence-corrected chi connectivity index (χ2v) is 5.08. The van der Waals surface area contributed by atoms with Crippen LogP contribution in [-0.2, 0) is 5.54 Å². The van der Waals surface area contributed by atoms with Crippen LogP contribution in [0.2, 0.25) is 0 Å². The van der Waals surface area contributed by atoms with Crippen molar-refractivity contribution in [2.45, 2.75) is 38.1 Å². The maximum atomic E-state index is 6.52. The van der Waals surface area contributed by atoms with Gasteiger partial charge in [-0.1, -0.05) is 12.8 Å². The predicted octanol–water partition coefficient (Wildman–Crippen LogP) is 2.00. The van der Waals surface area contributed by atoms with E-state index in [1.54, 1.807) is 7.11 Å². The molecule has 0 saturated heterocycles. The zero-order chi connectivity index (χ0) is 12.8. The van der Waals surface area contributed by atoms with E-state index in [0.717, 1.165) is 35.1 Å². The maximum absolute atomic E-state index is 6.52. The highest BCUT2D eigenvalue weighted by molar-refractivity contribution is 5.83. The molecular formula is C13H18N4O. The van der Waals surface area contributed by atoms with Gasteiger partial charge in [0, 0.05) is 22.7 Å². The van der Waals surface area contributed by atoms with Gasteiger partial charge >= 0.3 is 6.01 Å². The Balaban J connectivity index is 2.20. The van der Waals surface area contributed by atoms with Crippen LogP contribution < -0.4 is 10.5 Å². The lowest BCUT2D eigenvalue weighted by Crippen LogP contribution is -2.32. The summed E-state index contributed by atoms with van der Waals surface area (Å²) in [5.41, 5.74) is 9.18. The molecule has 0 unspecified atom stereocenters. The van der Waals surface area contributed by atoms with E-state index in [4.69, 9.17) is 10.5 Å². The van der Waals surface area contributed by atoms with E-state index >= 15 is 0 Å². The second-order valence-electron chi connectivity index (χ2n) is 5.08. The highest BCUT2D eigenvalue weighted by Crippen LogP contribution is 2.40. The summed E-state index contributed by atoms with van der Waals surface area (Å²) in [6, 6.07) is 0.394. The molecule has 18 heavy (non-hydrogen) atoms. The van der Waals surface area contributed by atoms with E-state index in [2.05, 4.69) is 15.0 Å². The Morgan fingerprint density at radius 2 is 2.06 bits per heavy atom. The van der Waals surface area contributed by atoms with Crippen molar-refractivity contribution in [1.82, 2.24) is 15.0 Å². The summed E-state index contributed by atoms with van der Waals surface area (Å²) in [7, 11) is 1.58. The third-order valence-electron chi connectivity index (χ3n) is 3.91. The van der Waals surface area contributed by atoms with Crippen molar-refractivity contribution in [3.63, 3.8) is 0 Å². The number of fused-ring (bicyclic) bond motifs is 1. The smallest absolute Gasteiger partial charge is 0.318 e. The molecule has 1 aliphatic carbocycles. The van der Waals surface area contributed by atoms with E-state index in [0.29, 0.717) is 6.01 Å². The Bertz CT molecular complexity index is 584. The molecule has 2 aromatic rings. The number of hydrogen-bond donors (Lipinski definition) is 2. The van der Waals surface area contributed by atoms with Gasteiger partial charge in [0.15, 0.2) is 0 Å². The van der Waals surface area contributed by atoms with Crippen molar-refractivity contribution in [3.8, 4) is 6.01 Å². The number of aromatic amines is 1. The van der Waals surface area contributed by atoms with Gasteiger partial charge in [-0.05, 0) is 19.8 Å². The molecule has 2 heterocycles. The van der Waals surface area contributed by atoms with Crippen LogP contribution in [0.4, 0.5) is 0 Å². The number of nitrogens with two attached hydrogens (primary N) is 1. The molecule has 0 atom stereocenters. The minimum Gasteiger partial charge on any atom is -0.467 e. The lowest BCUT2D eigenvalue weighted by Gasteiger charge is -2.23. The molecule has 3 rings (SSSR count). The molecular weight excluding hydrogens is 228 g/mol. The van der Waals surface area contributed by atoms with E-state index in [1.165, 1.54) is 12.8 Å². The molecule has 3 N–H and O–H groups in total. The average molecular weight is 246 g/mol. The van der Waals surface area contributed by atoms with Crippen molar-refractivity contribution in [1.29, 1.82) is 0 Å². The number of aromatic nitrogens is 3. The maximum Gasteiger partial charge on any atom is 0.318 e. The van der Waals surface area contributed by atoms with Crippen LogP contribution in [0.25, 0.3) is 11.0 Å². The standard InChI is InChI=1S/C13H18N4O/c1-8-10-9(13(14)5-3-4-6-13)7-15-11(10)17-12(16-8)18-2/h7H,3-6,14H2,1-2H3,(H,15,16,17). The minimum atomic E-state index is -0.221. The van der Waals surface area contributed by atoms with E-state index in [-0.39, 0.29) is 5.54 Å². The fourth-order valence-corrected chi connectivity index (χ4v) is 2.95. The summed E-state index contributed by atoms with van der Waals surface area (Å²) in [5.74, 6) is 0. The summed E-state index contributed by atoms with van der Waals surface area (Å²) in [6.07, 6.45) is 6.44. The number of aryl methyl sites for hydroxylation is 1. The van der Waals surface area contributed by atoms with Crippen molar-refractivity contribution in [2.75, 3.05) is 7.11 Å². The minimum absolute atomic E-state index is 0.221. The van der Waals surface area contributed by atoms with Crippen LogP contribution in [0.5, 0.6) is 6.01 Å². The molecule has 1 fully saturated rings.